The summed E-state index contributed by atoms with van der Waals surface area (Å²) in [4.78, 5) is 0. The van der Waals surface area contributed by atoms with Crippen LogP contribution >= 0.6 is 12.6 Å². The minimum absolute atomic E-state index is 0.109. The molecule has 67 valence electrons. The standard InChI is InChI=1S/C8H17O2S/c1-4-6-9-8(5-2)10-7(3)11/h7-8H,4-6H2,1-3H3. The van der Waals surface area contributed by atoms with Gasteiger partial charge in [0.25, 0.3) is 0 Å². The molecule has 0 amide bonds. The van der Waals surface area contributed by atoms with Crippen LogP contribution in [0.15, 0.2) is 0 Å². The van der Waals surface area contributed by atoms with Crippen LogP contribution in [0.1, 0.15) is 33.6 Å². The Labute approximate surface area is 74.7 Å². The summed E-state index contributed by atoms with van der Waals surface area (Å²) in [7, 11) is 0. The van der Waals surface area contributed by atoms with E-state index in [1.54, 1.807) is 0 Å². The van der Waals surface area contributed by atoms with Gasteiger partial charge < -0.3 is 9.47 Å². The highest BCUT2D eigenvalue weighted by Gasteiger charge is 2.08. The lowest BCUT2D eigenvalue weighted by Gasteiger charge is -2.17. The Balaban J connectivity index is 3.41. The zero-order valence-corrected chi connectivity index (χ0v) is 8.32. The van der Waals surface area contributed by atoms with Gasteiger partial charge in [-0.25, -0.2) is 0 Å². The summed E-state index contributed by atoms with van der Waals surface area (Å²) in [5.74, 6) is 0. The molecule has 0 saturated heterocycles. The van der Waals surface area contributed by atoms with Crippen LogP contribution in [-0.2, 0) is 9.47 Å². The number of rotatable bonds is 6. The van der Waals surface area contributed by atoms with Crippen LogP contribution < -0.4 is 0 Å². The van der Waals surface area contributed by atoms with Crippen LogP contribution in [-0.4, -0.2) is 18.3 Å². The first-order valence-electron chi connectivity index (χ1n) is 4.13. The van der Waals surface area contributed by atoms with Crippen molar-refractivity contribution >= 4 is 12.6 Å². The lowest BCUT2D eigenvalue weighted by atomic mass is 10.4. The molecule has 3 heteroatoms. The van der Waals surface area contributed by atoms with E-state index in [1.807, 2.05) is 13.8 Å². The minimum atomic E-state index is -0.156. The van der Waals surface area contributed by atoms with Crippen molar-refractivity contribution in [1.82, 2.24) is 0 Å². The molecule has 0 heterocycles. The van der Waals surface area contributed by atoms with Crippen molar-refractivity contribution in [3.05, 3.63) is 0 Å². The highest BCUT2D eigenvalue weighted by Crippen LogP contribution is 2.06. The Bertz CT molecular complexity index is 86.2. The molecule has 0 saturated carbocycles. The number of hydrogen-bond acceptors (Lipinski definition) is 2. The first-order chi connectivity index (χ1) is 5.20. The third kappa shape index (κ3) is 6.66. The Morgan fingerprint density at radius 3 is 2.36 bits per heavy atom. The van der Waals surface area contributed by atoms with Gasteiger partial charge in [-0.3, -0.25) is 0 Å². The predicted octanol–water partition coefficient (Wildman–Crippen LogP) is 2.71. The first-order valence-corrected chi connectivity index (χ1v) is 4.60. The fraction of sp³-hybridized carbons (Fsp3) is 1.00. The molecule has 0 aliphatic heterocycles. The summed E-state index contributed by atoms with van der Waals surface area (Å²) in [6.45, 7) is 6.69. The zero-order chi connectivity index (χ0) is 8.69. The molecule has 0 aromatic heterocycles. The van der Waals surface area contributed by atoms with E-state index in [4.69, 9.17) is 22.1 Å². The van der Waals surface area contributed by atoms with Crippen molar-refractivity contribution < 1.29 is 9.47 Å². The molecular formula is C8H17O2S. The van der Waals surface area contributed by atoms with E-state index in [2.05, 4.69) is 6.92 Å². The molecule has 2 unspecified atom stereocenters. The molecule has 1 radical (unpaired) electrons. The van der Waals surface area contributed by atoms with Crippen LogP contribution in [0, 0.1) is 0 Å². The molecule has 0 N–H and O–H groups in total. The van der Waals surface area contributed by atoms with Crippen LogP contribution in [0.2, 0.25) is 0 Å². The molecule has 0 aromatic rings. The fourth-order valence-electron chi connectivity index (χ4n) is 0.716. The molecule has 2 nitrogen and oxygen atoms in total. The second-order valence-corrected chi connectivity index (χ2v) is 3.08. The van der Waals surface area contributed by atoms with Crippen molar-refractivity contribution in [3.63, 3.8) is 0 Å². The predicted molar refractivity (Wildman–Crippen MR) is 48.5 cm³/mol. The molecule has 2 atom stereocenters. The van der Waals surface area contributed by atoms with E-state index in [1.165, 1.54) is 0 Å². The molecule has 0 aliphatic rings. The summed E-state index contributed by atoms with van der Waals surface area (Å²) in [6.07, 6.45) is 1.77. The molecular weight excluding hydrogens is 160 g/mol. The SMILES string of the molecule is CCCOC(CC)OC(C)[S]. The van der Waals surface area contributed by atoms with Crippen LogP contribution in [0.3, 0.4) is 0 Å². The Hall–Kier alpha value is 0.270. The molecule has 0 fully saturated rings. The Morgan fingerprint density at radius 2 is 2.00 bits per heavy atom. The van der Waals surface area contributed by atoms with Gasteiger partial charge >= 0.3 is 0 Å². The smallest absolute Gasteiger partial charge is 0.158 e. The number of ether oxygens (including phenoxy) is 2. The van der Waals surface area contributed by atoms with Crippen LogP contribution in [0.4, 0.5) is 0 Å². The van der Waals surface area contributed by atoms with Gasteiger partial charge in [0.1, 0.15) is 5.44 Å². The lowest BCUT2D eigenvalue weighted by molar-refractivity contribution is -0.147. The monoisotopic (exact) mass is 177 g/mol. The van der Waals surface area contributed by atoms with Crippen molar-refractivity contribution in [3.8, 4) is 0 Å². The topological polar surface area (TPSA) is 18.5 Å². The first kappa shape index (κ1) is 11.3. The van der Waals surface area contributed by atoms with Gasteiger partial charge in [0.2, 0.25) is 0 Å². The average Bonchev–Trinajstić information content (AvgIpc) is 1.97. The van der Waals surface area contributed by atoms with Crippen molar-refractivity contribution in [2.75, 3.05) is 6.61 Å². The highest BCUT2D eigenvalue weighted by atomic mass is 32.1. The van der Waals surface area contributed by atoms with Crippen molar-refractivity contribution in [2.45, 2.75) is 45.3 Å². The maximum absolute atomic E-state index is 5.36. The van der Waals surface area contributed by atoms with Crippen molar-refractivity contribution in [2.24, 2.45) is 0 Å². The molecule has 0 spiro atoms. The number of hydrogen-bond donors (Lipinski definition) is 0. The fourth-order valence-corrected chi connectivity index (χ4v) is 0.840. The van der Waals surface area contributed by atoms with E-state index in [0.717, 1.165) is 19.4 Å². The van der Waals surface area contributed by atoms with E-state index in [-0.39, 0.29) is 11.7 Å². The van der Waals surface area contributed by atoms with Gasteiger partial charge in [-0.15, -0.1) is 0 Å². The summed E-state index contributed by atoms with van der Waals surface area (Å²) in [6, 6.07) is 0. The Morgan fingerprint density at radius 1 is 1.36 bits per heavy atom. The van der Waals surface area contributed by atoms with Crippen LogP contribution in [0.5, 0.6) is 0 Å². The van der Waals surface area contributed by atoms with Crippen molar-refractivity contribution in [1.29, 1.82) is 0 Å². The third-order valence-electron chi connectivity index (χ3n) is 1.18. The van der Waals surface area contributed by atoms with Gasteiger partial charge in [0.05, 0.1) is 0 Å². The van der Waals surface area contributed by atoms with Gasteiger partial charge in [0.15, 0.2) is 6.29 Å². The lowest BCUT2D eigenvalue weighted by Crippen LogP contribution is -2.19. The zero-order valence-electron chi connectivity index (χ0n) is 7.50. The largest absolute Gasteiger partial charge is 0.353 e. The molecule has 0 aromatic carbocycles. The minimum Gasteiger partial charge on any atom is -0.353 e. The summed E-state index contributed by atoms with van der Waals surface area (Å²) >= 11 is 4.87. The van der Waals surface area contributed by atoms with E-state index in [0.29, 0.717) is 0 Å². The molecule has 0 aliphatic carbocycles. The molecule has 0 bridgehead atoms. The molecule has 0 rings (SSSR count). The Kier molecular flexibility index (Phi) is 7.12. The van der Waals surface area contributed by atoms with E-state index < -0.39 is 0 Å². The maximum atomic E-state index is 5.36. The second kappa shape index (κ2) is 6.95. The quantitative estimate of drug-likeness (QED) is 0.581. The van der Waals surface area contributed by atoms with Gasteiger partial charge in [-0.05, 0) is 19.8 Å². The average molecular weight is 177 g/mol. The van der Waals surface area contributed by atoms with Gasteiger partial charge in [-0.1, -0.05) is 26.5 Å². The third-order valence-corrected chi connectivity index (χ3v) is 1.30. The van der Waals surface area contributed by atoms with Gasteiger partial charge in [0, 0.05) is 6.61 Å². The molecule has 11 heavy (non-hydrogen) atoms. The highest BCUT2D eigenvalue weighted by molar-refractivity contribution is 7.80. The van der Waals surface area contributed by atoms with Crippen LogP contribution in [0.25, 0.3) is 0 Å². The van der Waals surface area contributed by atoms with E-state index >= 15 is 0 Å². The summed E-state index contributed by atoms with van der Waals surface area (Å²) < 4.78 is 10.7. The maximum Gasteiger partial charge on any atom is 0.158 e. The van der Waals surface area contributed by atoms with E-state index in [9.17, 15) is 0 Å². The second-order valence-electron chi connectivity index (χ2n) is 2.41. The normalized spacial score (nSPS) is 16.4. The van der Waals surface area contributed by atoms with Gasteiger partial charge in [-0.2, -0.15) is 0 Å². The summed E-state index contributed by atoms with van der Waals surface area (Å²) in [5.41, 5.74) is -0.156. The summed E-state index contributed by atoms with van der Waals surface area (Å²) in [5, 5.41) is 0.